The molecule has 8 nitrogen and oxygen atoms in total. The van der Waals surface area contributed by atoms with Crippen LogP contribution in [0.25, 0.3) is 0 Å². The van der Waals surface area contributed by atoms with Crippen molar-refractivity contribution in [3.05, 3.63) is 54.6 Å². The molecule has 1 amide bonds. The highest BCUT2D eigenvalue weighted by molar-refractivity contribution is 5.94. The molecule has 0 saturated carbocycles. The van der Waals surface area contributed by atoms with Gasteiger partial charge >= 0.3 is 0 Å². The molecular formula is C18H21N7O. The quantitative estimate of drug-likeness (QED) is 0.752. The lowest BCUT2D eigenvalue weighted by molar-refractivity contribution is -0.121. The number of hydrogen-bond donors (Lipinski definition) is 2. The third kappa shape index (κ3) is 2.83. The van der Waals surface area contributed by atoms with Crippen LogP contribution in [0, 0.1) is 5.92 Å². The van der Waals surface area contributed by atoms with Crippen LogP contribution in [-0.2, 0) is 11.3 Å². The standard InChI is InChI=1S/C18H21N7O/c1-3-24-10-13(9-20-24)16-15(12(2)22-18-19-11-21-25(16)18)17(26)23-14-7-5-4-6-8-14/h4-12,15-16H,3H2,1-2H3,(H,23,26)(H,19,21,22)/t12-,15-,16+/m0/s1. The van der Waals surface area contributed by atoms with Crippen molar-refractivity contribution in [1.29, 1.82) is 0 Å². The molecule has 0 unspecified atom stereocenters. The lowest BCUT2D eigenvalue weighted by Crippen LogP contribution is -2.46. The monoisotopic (exact) mass is 351 g/mol. The minimum absolute atomic E-state index is 0.0633. The number of carbonyl (C=O) groups excluding carboxylic acids is 1. The van der Waals surface area contributed by atoms with Crippen molar-refractivity contribution in [1.82, 2.24) is 24.5 Å². The number of para-hydroxylation sites is 1. The summed E-state index contributed by atoms with van der Waals surface area (Å²) < 4.78 is 3.62. The van der Waals surface area contributed by atoms with E-state index in [0.717, 1.165) is 17.8 Å². The number of fused-ring (bicyclic) bond motifs is 1. The number of aryl methyl sites for hydroxylation is 1. The van der Waals surface area contributed by atoms with Gasteiger partial charge in [0, 0.05) is 30.0 Å². The lowest BCUT2D eigenvalue weighted by Gasteiger charge is -2.36. The van der Waals surface area contributed by atoms with Crippen molar-refractivity contribution in [2.45, 2.75) is 32.5 Å². The van der Waals surface area contributed by atoms with E-state index in [0.29, 0.717) is 5.95 Å². The molecule has 0 radical (unpaired) electrons. The molecule has 0 bridgehead atoms. The Kier molecular flexibility index (Phi) is 4.16. The van der Waals surface area contributed by atoms with Crippen molar-refractivity contribution in [2.75, 3.05) is 10.6 Å². The zero-order valence-electron chi connectivity index (χ0n) is 14.7. The van der Waals surface area contributed by atoms with Crippen molar-refractivity contribution >= 4 is 17.5 Å². The molecule has 26 heavy (non-hydrogen) atoms. The summed E-state index contributed by atoms with van der Waals surface area (Å²) in [5.41, 5.74) is 1.72. The summed E-state index contributed by atoms with van der Waals surface area (Å²) in [5.74, 6) is 0.237. The summed E-state index contributed by atoms with van der Waals surface area (Å²) in [4.78, 5) is 17.4. The number of anilines is 2. The maximum absolute atomic E-state index is 13.1. The van der Waals surface area contributed by atoms with Gasteiger partial charge in [-0.15, -0.1) is 0 Å². The molecule has 0 aliphatic carbocycles. The van der Waals surface area contributed by atoms with E-state index in [1.165, 1.54) is 6.33 Å². The molecule has 3 aromatic rings. The molecule has 4 rings (SSSR count). The van der Waals surface area contributed by atoms with Gasteiger partial charge in [-0.3, -0.25) is 9.48 Å². The van der Waals surface area contributed by atoms with Gasteiger partial charge in [0.15, 0.2) is 0 Å². The van der Waals surface area contributed by atoms with Gasteiger partial charge in [0.05, 0.1) is 18.2 Å². The van der Waals surface area contributed by atoms with E-state index in [9.17, 15) is 4.79 Å². The molecule has 1 aliphatic heterocycles. The third-order valence-electron chi connectivity index (χ3n) is 4.73. The Hall–Kier alpha value is -3.16. The molecule has 0 saturated heterocycles. The Labute approximate surface area is 151 Å². The summed E-state index contributed by atoms with van der Waals surface area (Å²) in [7, 11) is 0. The topological polar surface area (TPSA) is 89.7 Å². The first kappa shape index (κ1) is 16.3. The SMILES string of the molecule is CCn1cc([C@@H]2[C@@H](C(=O)Nc3ccccc3)[C@H](C)Nc3ncnn32)cn1. The summed E-state index contributed by atoms with van der Waals surface area (Å²) >= 11 is 0. The first-order valence-corrected chi connectivity index (χ1v) is 8.71. The predicted octanol–water partition coefficient (Wildman–Crippen LogP) is 2.15. The van der Waals surface area contributed by atoms with Crippen LogP contribution in [0.3, 0.4) is 0 Å². The van der Waals surface area contributed by atoms with Crippen LogP contribution < -0.4 is 10.6 Å². The van der Waals surface area contributed by atoms with Crippen LogP contribution in [-0.4, -0.2) is 36.5 Å². The smallest absolute Gasteiger partial charge is 0.232 e. The van der Waals surface area contributed by atoms with Gasteiger partial charge in [-0.05, 0) is 26.0 Å². The van der Waals surface area contributed by atoms with Gasteiger partial charge in [0.25, 0.3) is 0 Å². The Balaban J connectivity index is 1.71. The van der Waals surface area contributed by atoms with Gasteiger partial charge in [-0.25, -0.2) is 4.68 Å². The molecule has 3 atom stereocenters. The highest BCUT2D eigenvalue weighted by Crippen LogP contribution is 2.36. The van der Waals surface area contributed by atoms with Crippen LogP contribution in [0.4, 0.5) is 11.6 Å². The second kappa shape index (κ2) is 6.62. The molecular weight excluding hydrogens is 330 g/mol. The summed E-state index contributed by atoms with van der Waals surface area (Å²) in [6.07, 6.45) is 5.28. The van der Waals surface area contributed by atoms with Gasteiger partial charge < -0.3 is 10.6 Å². The number of amides is 1. The van der Waals surface area contributed by atoms with Gasteiger partial charge in [0.2, 0.25) is 11.9 Å². The van der Waals surface area contributed by atoms with Gasteiger partial charge in [-0.2, -0.15) is 15.2 Å². The normalized spacial score (nSPS) is 21.7. The number of carbonyl (C=O) groups is 1. The molecule has 8 heteroatoms. The average molecular weight is 351 g/mol. The van der Waals surface area contributed by atoms with Gasteiger partial charge in [0.1, 0.15) is 6.33 Å². The zero-order chi connectivity index (χ0) is 18.1. The largest absolute Gasteiger partial charge is 0.351 e. The van der Waals surface area contributed by atoms with Crippen molar-refractivity contribution in [3.63, 3.8) is 0 Å². The molecule has 1 aromatic carbocycles. The van der Waals surface area contributed by atoms with E-state index in [2.05, 4.69) is 25.8 Å². The molecule has 3 heterocycles. The van der Waals surface area contributed by atoms with Crippen LogP contribution in [0.15, 0.2) is 49.1 Å². The summed E-state index contributed by atoms with van der Waals surface area (Å²) in [6.45, 7) is 4.79. The second-order valence-corrected chi connectivity index (χ2v) is 6.42. The molecule has 0 spiro atoms. The minimum atomic E-state index is -0.362. The van der Waals surface area contributed by atoms with Crippen LogP contribution in [0.1, 0.15) is 25.5 Å². The molecule has 0 fully saturated rings. The zero-order valence-corrected chi connectivity index (χ0v) is 14.7. The highest BCUT2D eigenvalue weighted by Gasteiger charge is 2.41. The molecule has 134 valence electrons. The second-order valence-electron chi connectivity index (χ2n) is 6.42. The van der Waals surface area contributed by atoms with Crippen molar-refractivity contribution in [2.24, 2.45) is 5.92 Å². The number of rotatable bonds is 4. The molecule has 2 N–H and O–H groups in total. The number of nitrogens with zero attached hydrogens (tertiary/aromatic N) is 5. The number of benzene rings is 1. The minimum Gasteiger partial charge on any atom is -0.351 e. The predicted molar refractivity (Wildman–Crippen MR) is 97.7 cm³/mol. The van der Waals surface area contributed by atoms with Crippen LogP contribution in [0.5, 0.6) is 0 Å². The van der Waals surface area contributed by atoms with E-state index in [-0.39, 0.29) is 23.9 Å². The maximum atomic E-state index is 13.1. The summed E-state index contributed by atoms with van der Waals surface area (Å²) in [5, 5.41) is 15.0. The highest BCUT2D eigenvalue weighted by atomic mass is 16.2. The van der Waals surface area contributed by atoms with E-state index in [1.54, 1.807) is 10.9 Å². The lowest BCUT2D eigenvalue weighted by atomic mass is 9.86. The molecule has 2 aromatic heterocycles. The number of aromatic nitrogens is 5. The number of nitrogens with one attached hydrogen (secondary N) is 2. The van der Waals surface area contributed by atoms with E-state index < -0.39 is 0 Å². The first-order chi connectivity index (χ1) is 12.7. The third-order valence-corrected chi connectivity index (χ3v) is 4.73. The van der Waals surface area contributed by atoms with Crippen molar-refractivity contribution in [3.8, 4) is 0 Å². The maximum Gasteiger partial charge on any atom is 0.232 e. The Morgan fingerprint density at radius 3 is 2.81 bits per heavy atom. The molecule has 1 aliphatic rings. The Morgan fingerprint density at radius 2 is 2.08 bits per heavy atom. The van der Waals surface area contributed by atoms with E-state index in [1.807, 2.05) is 55.1 Å². The fourth-order valence-electron chi connectivity index (χ4n) is 3.45. The van der Waals surface area contributed by atoms with E-state index in [4.69, 9.17) is 0 Å². The fraction of sp³-hybridized carbons (Fsp3) is 0.333. The van der Waals surface area contributed by atoms with Gasteiger partial charge in [-0.1, -0.05) is 18.2 Å². The van der Waals surface area contributed by atoms with E-state index >= 15 is 0 Å². The number of hydrogen-bond acceptors (Lipinski definition) is 5. The Bertz CT molecular complexity index is 901. The van der Waals surface area contributed by atoms with Crippen LogP contribution in [0.2, 0.25) is 0 Å². The Morgan fingerprint density at radius 1 is 1.27 bits per heavy atom. The average Bonchev–Trinajstić information content (AvgIpc) is 3.30. The summed E-state index contributed by atoms with van der Waals surface area (Å²) in [6, 6.07) is 9.10. The fourth-order valence-corrected chi connectivity index (χ4v) is 3.45. The first-order valence-electron chi connectivity index (χ1n) is 8.71. The van der Waals surface area contributed by atoms with Crippen LogP contribution >= 0.6 is 0 Å². The van der Waals surface area contributed by atoms with Crippen molar-refractivity contribution < 1.29 is 4.79 Å².